The van der Waals surface area contributed by atoms with E-state index >= 15 is 0 Å². The van der Waals surface area contributed by atoms with Crippen molar-refractivity contribution in [2.24, 2.45) is 4.99 Å². The highest BCUT2D eigenvalue weighted by Gasteiger charge is 2.39. The van der Waals surface area contributed by atoms with Crippen molar-refractivity contribution in [1.29, 1.82) is 0 Å². The third kappa shape index (κ3) is 4.40. The molecule has 1 saturated heterocycles. The summed E-state index contributed by atoms with van der Waals surface area (Å²) in [6, 6.07) is 9.56. The van der Waals surface area contributed by atoms with Crippen molar-refractivity contribution in [3.63, 3.8) is 0 Å². The van der Waals surface area contributed by atoms with E-state index in [1.165, 1.54) is 34.9 Å². The van der Waals surface area contributed by atoms with Gasteiger partial charge in [0.1, 0.15) is 11.8 Å². The van der Waals surface area contributed by atoms with Crippen LogP contribution in [0.15, 0.2) is 58.9 Å². The average molecular weight is 486 g/mol. The lowest BCUT2D eigenvalue weighted by atomic mass is 10.1. The van der Waals surface area contributed by atoms with Gasteiger partial charge in [-0.05, 0) is 68.1 Å². The fourth-order valence-electron chi connectivity index (χ4n) is 4.23. The van der Waals surface area contributed by atoms with Gasteiger partial charge in [-0.3, -0.25) is 4.79 Å². The molecule has 1 aliphatic rings. The number of benzene rings is 2. The quantitative estimate of drug-likeness (QED) is 0.498. The molecule has 2 aromatic carbocycles. The normalized spacial score (nSPS) is 17.5. The van der Waals surface area contributed by atoms with E-state index in [2.05, 4.69) is 23.7 Å². The number of ether oxygens (including phenoxy) is 1. The summed E-state index contributed by atoms with van der Waals surface area (Å²) in [6.45, 7) is 8.70. The largest absolute Gasteiger partial charge is 0.497 e. The number of hydrogen-bond donors (Lipinski definition) is 0. The second-order valence-electron chi connectivity index (χ2n) is 8.11. The molecule has 1 amide bonds. The number of aryl methyl sites for hydroxylation is 2. The van der Waals surface area contributed by atoms with Crippen molar-refractivity contribution < 1.29 is 17.9 Å². The summed E-state index contributed by atoms with van der Waals surface area (Å²) in [7, 11) is -2.31. The van der Waals surface area contributed by atoms with Gasteiger partial charge >= 0.3 is 0 Å². The zero-order valence-electron chi connectivity index (χ0n) is 18.9. The third-order valence-electron chi connectivity index (χ3n) is 5.79. The Balaban J connectivity index is 1.73. The van der Waals surface area contributed by atoms with Crippen LogP contribution in [0.1, 0.15) is 24.0 Å². The standard InChI is InChI=1S/C24H27N3O4S2/c1-5-12-26-21-15-16(2)14-17(3)22(21)32-24(26)25-23(28)20-7-6-13-27(20)33(29,30)19-10-8-18(31-4)9-11-19/h5,8-11,14-15,20H,1,6-7,12-13H2,2-4H3. The Morgan fingerprint density at radius 2 is 2.00 bits per heavy atom. The van der Waals surface area contributed by atoms with E-state index in [1.54, 1.807) is 18.2 Å². The molecule has 33 heavy (non-hydrogen) atoms. The van der Waals surface area contributed by atoms with Crippen LogP contribution in [0.4, 0.5) is 0 Å². The number of hydrogen-bond acceptors (Lipinski definition) is 5. The summed E-state index contributed by atoms with van der Waals surface area (Å²) < 4.78 is 36.0. The minimum absolute atomic E-state index is 0.137. The maximum absolute atomic E-state index is 13.3. The molecule has 0 radical (unpaired) electrons. The minimum Gasteiger partial charge on any atom is -0.497 e. The topological polar surface area (TPSA) is 81.0 Å². The maximum Gasteiger partial charge on any atom is 0.266 e. The molecule has 0 saturated carbocycles. The van der Waals surface area contributed by atoms with Crippen molar-refractivity contribution in [3.8, 4) is 5.75 Å². The predicted molar refractivity (Wildman–Crippen MR) is 130 cm³/mol. The fraction of sp³-hybridized carbons (Fsp3) is 0.333. The fourth-order valence-corrected chi connectivity index (χ4v) is 6.98. The predicted octanol–water partition coefficient (Wildman–Crippen LogP) is 3.79. The van der Waals surface area contributed by atoms with E-state index in [9.17, 15) is 13.2 Å². The van der Waals surface area contributed by atoms with E-state index in [0.29, 0.717) is 29.9 Å². The van der Waals surface area contributed by atoms with Gasteiger partial charge < -0.3 is 9.30 Å². The van der Waals surface area contributed by atoms with Crippen LogP contribution in [-0.4, -0.2) is 42.9 Å². The highest BCUT2D eigenvalue weighted by atomic mass is 32.2. The van der Waals surface area contributed by atoms with Crippen LogP contribution in [0.2, 0.25) is 0 Å². The van der Waals surface area contributed by atoms with Crippen LogP contribution in [0.5, 0.6) is 5.75 Å². The first-order valence-electron chi connectivity index (χ1n) is 10.7. The molecule has 3 aromatic rings. The van der Waals surface area contributed by atoms with Crippen molar-refractivity contribution in [1.82, 2.24) is 8.87 Å². The first-order chi connectivity index (χ1) is 15.8. The SMILES string of the molecule is C=CCn1c(=NC(=O)C2CCCN2S(=O)(=O)c2ccc(OC)cc2)sc2c(C)cc(C)cc21. The van der Waals surface area contributed by atoms with Crippen molar-refractivity contribution in [2.75, 3.05) is 13.7 Å². The Bertz CT molecular complexity index is 1390. The van der Waals surface area contributed by atoms with Crippen LogP contribution in [-0.2, 0) is 21.4 Å². The molecule has 0 aliphatic carbocycles. The molecule has 174 valence electrons. The molecule has 7 nitrogen and oxygen atoms in total. The van der Waals surface area contributed by atoms with Gasteiger partial charge in [-0.1, -0.05) is 23.5 Å². The zero-order valence-corrected chi connectivity index (χ0v) is 20.6. The van der Waals surface area contributed by atoms with Crippen molar-refractivity contribution in [3.05, 3.63) is 65.0 Å². The molecule has 2 heterocycles. The highest BCUT2D eigenvalue weighted by Crippen LogP contribution is 2.28. The van der Waals surface area contributed by atoms with Gasteiger partial charge in [0.15, 0.2) is 4.80 Å². The molecule has 1 fully saturated rings. The lowest BCUT2D eigenvalue weighted by molar-refractivity contribution is -0.121. The lowest BCUT2D eigenvalue weighted by Gasteiger charge is -2.21. The number of amides is 1. The Morgan fingerprint density at radius 3 is 2.67 bits per heavy atom. The summed E-state index contributed by atoms with van der Waals surface area (Å²) in [5.41, 5.74) is 3.24. The summed E-state index contributed by atoms with van der Waals surface area (Å²) >= 11 is 1.44. The number of carbonyl (C=O) groups is 1. The summed E-state index contributed by atoms with van der Waals surface area (Å²) in [4.78, 5) is 18.4. The third-order valence-corrected chi connectivity index (χ3v) is 8.94. The van der Waals surface area contributed by atoms with E-state index in [-0.39, 0.29) is 11.4 Å². The number of allylic oxidation sites excluding steroid dienone is 1. The Kier molecular flexibility index (Phi) is 6.56. The second-order valence-corrected chi connectivity index (χ2v) is 11.0. The van der Waals surface area contributed by atoms with E-state index in [1.807, 2.05) is 18.4 Å². The van der Waals surface area contributed by atoms with Gasteiger partial charge in [0.2, 0.25) is 10.0 Å². The number of carbonyl (C=O) groups excluding carboxylic acids is 1. The molecule has 9 heteroatoms. The number of rotatable bonds is 6. The number of aromatic nitrogens is 1. The molecular formula is C24H27N3O4S2. The number of sulfonamides is 1. The molecule has 0 bridgehead atoms. The Labute approximate surface area is 197 Å². The molecule has 1 atom stereocenters. The van der Waals surface area contributed by atoms with Crippen LogP contribution in [0.3, 0.4) is 0 Å². The Morgan fingerprint density at radius 1 is 1.27 bits per heavy atom. The minimum atomic E-state index is -3.83. The molecule has 1 unspecified atom stereocenters. The van der Waals surface area contributed by atoms with Gasteiger partial charge in [-0.15, -0.1) is 6.58 Å². The average Bonchev–Trinajstić information content (AvgIpc) is 3.41. The van der Waals surface area contributed by atoms with Crippen molar-refractivity contribution in [2.45, 2.75) is 44.2 Å². The monoisotopic (exact) mass is 485 g/mol. The zero-order chi connectivity index (χ0) is 23.8. The maximum atomic E-state index is 13.3. The van der Waals surface area contributed by atoms with Crippen LogP contribution < -0.4 is 9.54 Å². The highest BCUT2D eigenvalue weighted by molar-refractivity contribution is 7.89. The van der Waals surface area contributed by atoms with Crippen LogP contribution in [0, 0.1) is 13.8 Å². The lowest BCUT2D eigenvalue weighted by Crippen LogP contribution is -2.40. The number of thiazole rings is 1. The van der Waals surface area contributed by atoms with Crippen LogP contribution in [0.25, 0.3) is 10.2 Å². The van der Waals surface area contributed by atoms with E-state index < -0.39 is 22.0 Å². The molecule has 1 aliphatic heterocycles. The van der Waals surface area contributed by atoms with Gasteiger partial charge in [0.25, 0.3) is 5.91 Å². The van der Waals surface area contributed by atoms with E-state index in [4.69, 9.17) is 4.74 Å². The van der Waals surface area contributed by atoms with Gasteiger partial charge in [0.05, 0.1) is 22.2 Å². The van der Waals surface area contributed by atoms with Gasteiger partial charge in [0, 0.05) is 13.1 Å². The molecule has 4 rings (SSSR count). The summed E-state index contributed by atoms with van der Waals surface area (Å²) in [5, 5.41) is 0. The van der Waals surface area contributed by atoms with Gasteiger partial charge in [-0.2, -0.15) is 9.30 Å². The molecule has 1 aromatic heterocycles. The van der Waals surface area contributed by atoms with Crippen molar-refractivity contribution >= 4 is 37.5 Å². The number of methoxy groups -OCH3 is 1. The molecular weight excluding hydrogens is 458 g/mol. The first kappa shape index (κ1) is 23.4. The number of nitrogens with zero attached hydrogens (tertiary/aromatic N) is 3. The summed E-state index contributed by atoms with van der Waals surface area (Å²) in [6.07, 6.45) is 2.82. The second kappa shape index (κ2) is 9.24. The first-order valence-corrected chi connectivity index (χ1v) is 13.0. The molecule has 0 N–H and O–H groups in total. The van der Waals surface area contributed by atoms with Crippen LogP contribution >= 0.6 is 11.3 Å². The summed E-state index contributed by atoms with van der Waals surface area (Å²) in [5.74, 6) is 0.128. The molecule has 0 spiro atoms. The number of fused-ring (bicyclic) bond motifs is 1. The van der Waals surface area contributed by atoms with E-state index in [0.717, 1.165) is 21.3 Å². The smallest absolute Gasteiger partial charge is 0.266 e. The van der Waals surface area contributed by atoms with Gasteiger partial charge in [-0.25, -0.2) is 8.42 Å². The Hall–Kier alpha value is -2.75.